The lowest BCUT2D eigenvalue weighted by atomic mass is 10.0. The molecule has 1 saturated heterocycles. The van der Waals surface area contributed by atoms with Gasteiger partial charge in [-0.3, -0.25) is 9.69 Å². The topological polar surface area (TPSA) is 168 Å². The summed E-state index contributed by atoms with van der Waals surface area (Å²) in [5, 5.41) is 38.5. The molecular formula is C16H22N10O3S2. The fraction of sp³-hybridized carbons (Fsp3) is 0.625. The van der Waals surface area contributed by atoms with Crippen LogP contribution in [-0.2, 0) is 16.1 Å². The minimum absolute atomic E-state index is 0.0753. The normalized spacial score (nSPS) is 20.7. The van der Waals surface area contributed by atoms with Crippen LogP contribution in [0.2, 0.25) is 0 Å². The number of β-lactam (4-membered cyclic amide) rings is 1. The Labute approximate surface area is 185 Å². The number of carboxylic acids is 1. The van der Waals surface area contributed by atoms with Gasteiger partial charge < -0.3 is 10.4 Å². The largest absolute Gasteiger partial charge is 0.477 e. The molecule has 2 aromatic rings. The number of aromatic amines is 1. The Morgan fingerprint density at radius 1 is 1.35 bits per heavy atom. The van der Waals surface area contributed by atoms with Crippen LogP contribution in [0.4, 0.5) is 0 Å². The van der Waals surface area contributed by atoms with Crippen molar-refractivity contribution in [3.05, 3.63) is 17.1 Å². The maximum absolute atomic E-state index is 12.7. The summed E-state index contributed by atoms with van der Waals surface area (Å²) >= 11 is 2.89. The lowest BCUT2D eigenvalue weighted by Gasteiger charge is -2.49. The zero-order valence-electron chi connectivity index (χ0n) is 16.8. The number of H-pyrrole nitrogens is 1. The predicted molar refractivity (Wildman–Crippen MR) is 111 cm³/mol. The summed E-state index contributed by atoms with van der Waals surface area (Å²) in [5.41, 5.74) is 0.749. The molecule has 3 N–H and O–H groups in total. The van der Waals surface area contributed by atoms with E-state index in [1.54, 1.807) is 11.8 Å². The number of nitrogens with one attached hydrogen (secondary N) is 2. The first-order valence-corrected chi connectivity index (χ1v) is 11.9. The quantitative estimate of drug-likeness (QED) is 0.225. The van der Waals surface area contributed by atoms with E-state index in [-0.39, 0.29) is 29.6 Å². The fourth-order valence-corrected chi connectivity index (χ4v) is 5.81. The van der Waals surface area contributed by atoms with Crippen LogP contribution >= 0.6 is 23.5 Å². The van der Waals surface area contributed by atoms with Crippen molar-refractivity contribution in [2.24, 2.45) is 0 Å². The standard InChI is InChI=1S/C16H22N10O3S2/c1-2-3-4-5-17-11-13(27)26-12(15(28)29)9(7-30-14(11)26)8-31-16-20-23-24-25(16)6-10-18-21-22-19-10/h11,14,17H,2-8H2,1H3,(H,28,29)(H,18,19,21,22)/t11?,14-/m1/s1. The molecule has 31 heavy (non-hydrogen) atoms. The Hall–Kier alpha value is -2.52. The molecule has 1 unspecified atom stereocenters. The van der Waals surface area contributed by atoms with Crippen molar-refractivity contribution in [3.8, 4) is 0 Å². The van der Waals surface area contributed by atoms with Gasteiger partial charge in [-0.1, -0.05) is 31.5 Å². The zero-order chi connectivity index (χ0) is 21.8. The van der Waals surface area contributed by atoms with Gasteiger partial charge in [0.25, 0.3) is 0 Å². The van der Waals surface area contributed by atoms with Crippen LogP contribution in [0.3, 0.4) is 0 Å². The first kappa shape index (κ1) is 21.7. The predicted octanol–water partition coefficient (Wildman–Crippen LogP) is -0.271. The molecule has 1 amide bonds. The number of nitrogens with zero attached hydrogens (tertiary/aromatic N) is 8. The van der Waals surface area contributed by atoms with E-state index in [4.69, 9.17) is 0 Å². The molecule has 2 aliphatic rings. The molecule has 0 spiro atoms. The summed E-state index contributed by atoms with van der Waals surface area (Å²) in [6, 6.07) is -0.326. The lowest BCUT2D eigenvalue weighted by molar-refractivity contribution is -0.149. The number of hydrogen-bond donors (Lipinski definition) is 3. The molecule has 0 aliphatic carbocycles. The van der Waals surface area contributed by atoms with Crippen LogP contribution in [-0.4, -0.2) is 92.2 Å². The first-order valence-electron chi connectivity index (χ1n) is 9.85. The number of carbonyl (C=O) groups is 2. The zero-order valence-corrected chi connectivity index (χ0v) is 18.4. The Morgan fingerprint density at radius 3 is 2.97 bits per heavy atom. The molecule has 0 bridgehead atoms. The summed E-state index contributed by atoms with van der Waals surface area (Å²) in [4.78, 5) is 26.1. The Kier molecular flexibility index (Phi) is 6.82. The van der Waals surface area contributed by atoms with E-state index in [1.165, 1.54) is 21.3 Å². The summed E-state index contributed by atoms with van der Waals surface area (Å²) in [7, 11) is 0. The third-order valence-electron chi connectivity index (χ3n) is 4.96. The number of tetrazole rings is 2. The highest BCUT2D eigenvalue weighted by Gasteiger charge is 2.53. The number of carbonyl (C=O) groups excluding carboxylic acids is 1. The second kappa shape index (κ2) is 9.74. The minimum atomic E-state index is -1.09. The number of unbranched alkanes of at least 4 members (excludes halogenated alkanes) is 2. The molecule has 2 aromatic heterocycles. The third kappa shape index (κ3) is 4.57. The molecule has 1 fully saturated rings. The summed E-state index contributed by atoms with van der Waals surface area (Å²) in [6.45, 7) is 3.15. The van der Waals surface area contributed by atoms with E-state index in [1.807, 2.05) is 0 Å². The molecule has 0 radical (unpaired) electrons. The van der Waals surface area contributed by atoms with Crippen molar-refractivity contribution in [1.29, 1.82) is 0 Å². The van der Waals surface area contributed by atoms with Gasteiger partial charge in [0.1, 0.15) is 23.7 Å². The van der Waals surface area contributed by atoms with Gasteiger partial charge in [-0.25, -0.2) is 14.6 Å². The highest BCUT2D eigenvalue weighted by molar-refractivity contribution is 8.01. The van der Waals surface area contributed by atoms with Crippen molar-refractivity contribution in [2.45, 2.75) is 49.3 Å². The van der Waals surface area contributed by atoms with Crippen molar-refractivity contribution < 1.29 is 14.7 Å². The van der Waals surface area contributed by atoms with Crippen LogP contribution in [0.15, 0.2) is 16.4 Å². The first-order chi connectivity index (χ1) is 15.1. The van der Waals surface area contributed by atoms with Gasteiger partial charge in [0, 0.05) is 11.5 Å². The van der Waals surface area contributed by atoms with Crippen LogP contribution in [0.25, 0.3) is 0 Å². The summed E-state index contributed by atoms with van der Waals surface area (Å²) < 4.78 is 1.53. The van der Waals surface area contributed by atoms with E-state index in [2.05, 4.69) is 48.4 Å². The van der Waals surface area contributed by atoms with Crippen LogP contribution in [0, 0.1) is 0 Å². The number of aliphatic carboxylic acids is 1. The van der Waals surface area contributed by atoms with Crippen molar-refractivity contribution in [3.63, 3.8) is 0 Å². The molecule has 4 heterocycles. The highest BCUT2D eigenvalue weighted by Crippen LogP contribution is 2.41. The molecule has 0 saturated carbocycles. The number of hydrogen-bond acceptors (Lipinski definition) is 11. The Balaban J connectivity index is 1.42. The van der Waals surface area contributed by atoms with Crippen molar-refractivity contribution >= 4 is 35.4 Å². The number of aromatic nitrogens is 8. The molecule has 2 aliphatic heterocycles. The van der Waals surface area contributed by atoms with Gasteiger partial charge in [-0.05, 0) is 39.4 Å². The summed E-state index contributed by atoms with van der Waals surface area (Å²) in [6.07, 6.45) is 3.21. The lowest BCUT2D eigenvalue weighted by Crippen LogP contribution is -2.70. The van der Waals surface area contributed by atoms with Gasteiger partial charge in [0.15, 0.2) is 5.82 Å². The van der Waals surface area contributed by atoms with E-state index in [0.29, 0.717) is 28.1 Å². The van der Waals surface area contributed by atoms with E-state index < -0.39 is 5.97 Å². The molecule has 4 rings (SSSR count). The summed E-state index contributed by atoms with van der Waals surface area (Å²) in [5.74, 6) is 0.111. The molecule has 166 valence electrons. The maximum Gasteiger partial charge on any atom is 0.352 e. The Bertz CT molecular complexity index is 963. The number of thioether (sulfide) groups is 2. The average molecular weight is 467 g/mol. The molecule has 0 aromatic carbocycles. The molecule has 13 nitrogen and oxygen atoms in total. The number of rotatable bonds is 11. The van der Waals surface area contributed by atoms with Crippen molar-refractivity contribution in [2.75, 3.05) is 18.1 Å². The average Bonchev–Trinajstić information content (AvgIpc) is 3.43. The van der Waals surface area contributed by atoms with Crippen LogP contribution in [0.5, 0.6) is 0 Å². The third-order valence-corrected chi connectivity index (χ3v) is 7.34. The fourth-order valence-electron chi connectivity index (χ4n) is 3.42. The maximum atomic E-state index is 12.7. The van der Waals surface area contributed by atoms with Crippen LogP contribution < -0.4 is 5.32 Å². The van der Waals surface area contributed by atoms with Crippen molar-refractivity contribution in [1.82, 2.24) is 51.0 Å². The number of carboxylic acid groups (broad SMARTS) is 1. The van der Waals surface area contributed by atoms with Gasteiger partial charge in [-0.15, -0.1) is 22.0 Å². The minimum Gasteiger partial charge on any atom is -0.477 e. The molecule has 15 heteroatoms. The van der Waals surface area contributed by atoms with E-state index in [9.17, 15) is 14.7 Å². The molecular weight excluding hydrogens is 444 g/mol. The second-order valence-corrected chi connectivity index (χ2v) is 9.11. The highest BCUT2D eigenvalue weighted by atomic mass is 32.2. The van der Waals surface area contributed by atoms with E-state index in [0.717, 1.165) is 25.8 Å². The SMILES string of the molecule is CCCCCNC1C(=O)N2C(C(=O)O)=C(CSc3nnnn3Cc3nnn[nH]3)CS[C@H]12. The Morgan fingerprint density at radius 2 is 2.23 bits per heavy atom. The second-order valence-electron chi connectivity index (χ2n) is 7.06. The van der Waals surface area contributed by atoms with Gasteiger partial charge >= 0.3 is 5.97 Å². The smallest absolute Gasteiger partial charge is 0.352 e. The van der Waals surface area contributed by atoms with Crippen LogP contribution in [0.1, 0.15) is 32.0 Å². The molecule has 2 atom stereocenters. The monoisotopic (exact) mass is 466 g/mol. The van der Waals surface area contributed by atoms with Gasteiger partial charge in [0.2, 0.25) is 11.1 Å². The van der Waals surface area contributed by atoms with E-state index >= 15 is 0 Å². The van der Waals surface area contributed by atoms with Gasteiger partial charge in [-0.2, -0.15) is 0 Å². The number of fused-ring (bicyclic) bond motifs is 1. The van der Waals surface area contributed by atoms with Gasteiger partial charge in [0.05, 0.1) is 0 Å². The number of amides is 1.